The Labute approximate surface area is 216 Å². The molecule has 0 N–H and O–H groups in total. The second-order valence-electron chi connectivity index (χ2n) is 6.71. The number of esters is 1. The van der Waals surface area contributed by atoms with Crippen molar-refractivity contribution in [1.82, 2.24) is 4.90 Å². The van der Waals surface area contributed by atoms with E-state index >= 15 is 0 Å². The fourth-order valence-electron chi connectivity index (χ4n) is 2.87. The van der Waals surface area contributed by atoms with Crippen LogP contribution in [0, 0.1) is 3.57 Å². The highest BCUT2D eigenvalue weighted by Crippen LogP contribution is 2.38. The van der Waals surface area contributed by atoms with Crippen LogP contribution < -0.4 is 4.74 Å². The monoisotopic (exact) mass is 649 g/mol. The third-order valence-electron chi connectivity index (χ3n) is 4.45. The SMILES string of the molecule is CCOC(=O)[C@H](C)N1C(=O)S/C(=C/c2cc(Cl)c(OCc3ccc(I)cc3)c(Br)c2)C1=O. The van der Waals surface area contributed by atoms with Gasteiger partial charge in [-0.2, -0.15) is 0 Å². The second kappa shape index (κ2) is 11.0. The average molecular weight is 651 g/mol. The van der Waals surface area contributed by atoms with Gasteiger partial charge >= 0.3 is 5.97 Å². The lowest BCUT2D eigenvalue weighted by Crippen LogP contribution is -2.42. The molecular formula is C22H18BrClINO5S. The third-order valence-corrected chi connectivity index (χ3v) is 6.93. The molecule has 0 spiro atoms. The molecule has 1 saturated heterocycles. The summed E-state index contributed by atoms with van der Waals surface area (Å²) in [5.74, 6) is -0.699. The standard InChI is InChI=1S/C22H18BrClINO5S/c1-3-30-21(28)12(2)26-20(27)18(32-22(26)29)10-14-8-16(23)19(17(24)9-14)31-11-13-4-6-15(25)7-5-13/h4-10,12H,3,11H2,1-2H3/b18-10+/t12-/m0/s1. The van der Waals surface area contributed by atoms with Crippen LogP contribution in [0.3, 0.4) is 0 Å². The van der Waals surface area contributed by atoms with E-state index < -0.39 is 23.2 Å². The number of rotatable bonds is 7. The van der Waals surface area contributed by atoms with Crippen LogP contribution >= 0.6 is 61.9 Å². The van der Waals surface area contributed by atoms with Crippen LogP contribution in [-0.2, 0) is 20.9 Å². The van der Waals surface area contributed by atoms with Crippen LogP contribution in [0.5, 0.6) is 5.75 Å². The molecule has 0 radical (unpaired) electrons. The first-order chi connectivity index (χ1) is 15.2. The summed E-state index contributed by atoms with van der Waals surface area (Å²) in [5, 5.41) is -0.167. The maximum absolute atomic E-state index is 12.7. The van der Waals surface area contributed by atoms with E-state index in [-0.39, 0.29) is 11.5 Å². The van der Waals surface area contributed by atoms with Crippen LogP contribution in [0.25, 0.3) is 6.08 Å². The number of benzene rings is 2. The summed E-state index contributed by atoms with van der Waals surface area (Å²) in [6, 6.07) is 10.3. The number of hydrogen-bond donors (Lipinski definition) is 0. The summed E-state index contributed by atoms with van der Waals surface area (Å²) in [6.45, 7) is 3.64. The maximum atomic E-state index is 12.7. The lowest BCUT2D eigenvalue weighted by Gasteiger charge is -2.19. The molecule has 0 unspecified atom stereocenters. The summed E-state index contributed by atoms with van der Waals surface area (Å²) < 4.78 is 12.5. The number of halogens is 3. The van der Waals surface area contributed by atoms with Gasteiger partial charge in [-0.15, -0.1) is 0 Å². The van der Waals surface area contributed by atoms with Crippen molar-refractivity contribution in [2.45, 2.75) is 26.5 Å². The predicted molar refractivity (Wildman–Crippen MR) is 137 cm³/mol. The number of hydrogen-bond acceptors (Lipinski definition) is 6. The number of carbonyl (C=O) groups excluding carboxylic acids is 3. The zero-order valence-corrected chi connectivity index (χ0v) is 22.4. The van der Waals surface area contributed by atoms with E-state index in [4.69, 9.17) is 21.1 Å². The zero-order valence-electron chi connectivity index (χ0n) is 17.1. The van der Waals surface area contributed by atoms with Crippen molar-refractivity contribution in [3.63, 3.8) is 0 Å². The zero-order chi connectivity index (χ0) is 23.4. The molecular weight excluding hydrogens is 633 g/mol. The fraction of sp³-hybridized carbons (Fsp3) is 0.227. The van der Waals surface area contributed by atoms with E-state index in [9.17, 15) is 14.4 Å². The van der Waals surface area contributed by atoms with E-state index in [1.54, 1.807) is 25.1 Å². The molecule has 1 heterocycles. The second-order valence-corrected chi connectivity index (χ2v) is 10.2. The Hall–Kier alpha value is -1.56. The minimum absolute atomic E-state index is 0.166. The van der Waals surface area contributed by atoms with Gasteiger partial charge in [-0.3, -0.25) is 14.5 Å². The van der Waals surface area contributed by atoms with E-state index in [0.717, 1.165) is 25.8 Å². The molecule has 2 aromatic rings. The molecule has 1 aliphatic rings. The minimum Gasteiger partial charge on any atom is -0.486 e. The number of carbonyl (C=O) groups is 3. The van der Waals surface area contributed by atoms with Crippen LogP contribution in [-0.4, -0.2) is 34.7 Å². The van der Waals surface area contributed by atoms with Crippen LogP contribution in [0.1, 0.15) is 25.0 Å². The fourth-order valence-corrected chi connectivity index (χ4v) is 5.13. The van der Waals surface area contributed by atoms with Gasteiger partial charge in [0.15, 0.2) is 5.75 Å². The molecule has 0 aromatic heterocycles. The largest absolute Gasteiger partial charge is 0.486 e. The Bertz CT molecular complexity index is 1070. The van der Waals surface area contributed by atoms with E-state index in [1.807, 2.05) is 24.3 Å². The summed E-state index contributed by atoms with van der Waals surface area (Å²) >= 11 is 12.9. The normalized spacial score (nSPS) is 15.9. The first-order valence-electron chi connectivity index (χ1n) is 9.51. The first kappa shape index (κ1) is 25.1. The van der Waals surface area contributed by atoms with E-state index in [0.29, 0.717) is 27.4 Å². The Morgan fingerprint density at radius 3 is 2.59 bits per heavy atom. The molecule has 6 nitrogen and oxygen atoms in total. The summed E-state index contributed by atoms with van der Waals surface area (Å²) in [4.78, 5) is 38.1. The molecule has 0 bridgehead atoms. The molecule has 2 amide bonds. The Morgan fingerprint density at radius 1 is 1.28 bits per heavy atom. The molecule has 0 saturated carbocycles. The molecule has 10 heteroatoms. The highest BCUT2D eigenvalue weighted by molar-refractivity contribution is 14.1. The van der Waals surface area contributed by atoms with Gasteiger partial charge in [0.05, 0.1) is 21.0 Å². The van der Waals surface area contributed by atoms with Gasteiger partial charge in [0, 0.05) is 3.57 Å². The van der Waals surface area contributed by atoms with Crippen molar-refractivity contribution in [3.05, 3.63) is 65.5 Å². The number of nitrogens with zero attached hydrogens (tertiary/aromatic N) is 1. The smallest absolute Gasteiger partial charge is 0.329 e. The maximum Gasteiger partial charge on any atom is 0.329 e. The molecule has 32 heavy (non-hydrogen) atoms. The minimum atomic E-state index is -0.999. The van der Waals surface area contributed by atoms with Gasteiger partial charge < -0.3 is 9.47 Å². The quantitative estimate of drug-likeness (QED) is 0.200. The summed E-state index contributed by atoms with van der Waals surface area (Å²) in [5.41, 5.74) is 1.61. The third kappa shape index (κ3) is 5.86. The van der Waals surface area contributed by atoms with Crippen molar-refractivity contribution in [2.24, 2.45) is 0 Å². The molecule has 1 fully saturated rings. The van der Waals surface area contributed by atoms with Gasteiger partial charge in [-0.05, 0) is 106 Å². The number of imide groups is 1. The van der Waals surface area contributed by atoms with Gasteiger partial charge in [0.25, 0.3) is 11.1 Å². The molecule has 1 atom stereocenters. The molecule has 1 aliphatic heterocycles. The summed E-state index contributed by atoms with van der Waals surface area (Å²) in [6.07, 6.45) is 1.56. The van der Waals surface area contributed by atoms with E-state index in [2.05, 4.69) is 38.5 Å². The van der Waals surface area contributed by atoms with Crippen molar-refractivity contribution in [2.75, 3.05) is 6.61 Å². The number of amides is 2. The van der Waals surface area contributed by atoms with Crippen LogP contribution in [0.2, 0.25) is 5.02 Å². The van der Waals surface area contributed by atoms with Crippen LogP contribution in [0.4, 0.5) is 4.79 Å². The first-order valence-corrected chi connectivity index (χ1v) is 12.6. The van der Waals surface area contributed by atoms with Crippen molar-refractivity contribution < 1.29 is 23.9 Å². The highest BCUT2D eigenvalue weighted by Gasteiger charge is 2.41. The summed E-state index contributed by atoms with van der Waals surface area (Å²) in [7, 11) is 0. The van der Waals surface area contributed by atoms with Gasteiger partial charge in [0.1, 0.15) is 12.6 Å². The van der Waals surface area contributed by atoms with Crippen molar-refractivity contribution >= 4 is 85.1 Å². The molecule has 0 aliphatic carbocycles. The van der Waals surface area contributed by atoms with Gasteiger partial charge in [-0.1, -0.05) is 23.7 Å². The highest BCUT2D eigenvalue weighted by atomic mass is 127. The van der Waals surface area contributed by atoms with Gasteiger partial charge in [0.2, 0.25) is 0 Å². The Morgan fingerprint density at radius 2 is 1.97 bits per heavy atom. The number of ether oxygens (including phenoxy) is 2. The molecule has 168 valence electrons. The predicted octanol–water partition coefficient (Wildman–Crippen LogP) is 6.27. The van der Waals surface area contributed by atoms with Crippen molar-refractivity contribution in [1.29, 1.82) is 0 Å². The average Bonchev–Trinajstić information content (AvgIpc) is 3.01. The van der Waals surface area contributed by atoms with E-state index in [1.165, 1.54) is 6.92 Å². The topological polar surface area (TPSA) is 72.9 Å². The van der Waals surface area contributed by atoms with Crippen molar-refractivity contribution in [3.8, 4) is 5.75 Å². The van der Waals surface area contributed by atoms with Gasteiger partial charge in [-0.25, -0.2) is 4.79 Å². The van der Waals surface area contributed by atoms with Crippen LogP contribution in [0.15, 0.2) is 45.8 Å². The molecule has 2 aromatic carbocycles. The Kier molecular flexibility index (Phi) is 8.65. The lowest BCUT2D eigenvalue weighted by atomic mass is 10.2. The lowest BCUT2D eigenvalue weighted by molar-refractivity contribution is -0.150. The number of thioether (sulfide) groups is 1. The Balaban J connectivity index is 1.77. The molecule has 3 rings (SSSR count).